The highest BCUT2D eigenvalue weighted by Gasteiger charge is 2.11. The monoisotopic (exact) mass is 1250 g/mol. The van der Waals surface area contributed by atoms with E-state index in [4.69, 9.17) is 18.9 Å². The lowest BCUT2D eigenvalue weighted by atomic mass is 10.0. The molecule has 0 aliphatic rings. The fraction of sp³-hybridized carbons (Fsp3) is 0.780. The van der Waals surface area contributed by atoms with E-state index in [-0.39, 0.29) is 21.8 Å². The maximum absolute atomic E-state index is 13.8. The smallest absolute Gasteiger partial charge is 0.272 e. The first-order valence-electron chi connectivity index (χ1n) is 39.3. The predicted molar refractivity (Wildman–Crippen MR) is 390 cm³/mol. The predicted octanol–water partition coefficient (Wildman–Crippen LogP) is 24.2. The van der Waals surface area contributed by atoms with Crippen LogP contribution in [-0.4, -0.2) is 36.4 Å². The molecule has 0 aliphatic carbocycles. The maximum atomic E-state index is 13.8. The molecule has 0 atom stereocenters. The average Bonchev–Trinajstić information content (AvgIpc) is 2.01. The molecule has 0 saturated heterocycles. The molecule has 3 aromatic rings. The Morgan fingerprint density at radius 1 is 0.244 bits per heavy atom. The van der Waals surface area contributed by atoms with Crippen LogP contribution in [0.1, 0.15) is 398 Å². The number of hydrogen-bond donors (Lipinski definition) is 2. The highest BCUT2D eigenvalue weighted by Crippen LogP contribution is 2.31. The molecule has 8 heteroatoms. The van der Waals surface area contributed by atoms with Gasteiger partial charge in [-0.05, 0) is 73.2 Å². The summed E-state index contributed by atoms with van der Waals surface area (Å²) >= 11 is 0. The lowest BCUT2D eigenvalue weighted by Gasteiger charge is -2.14. The third kappa shape index (κ3) is 44.6. The number of benzene rings is 2. The molecule has 0 saturated carbocycles. The summed E-state index contributed by atoms with van der Waals surface area (Å²) < 4.78 is 25.7. The number of H-pyrrole nitrogens is 2. The SMILES string of the molecule is CCCCCCCCCCCCCCCCOc1ccc(/C=c2\[nH]c(=O)/c(=C/c3ccc(OCCCCCCCCCCCCCCCC)c(OCCCCCCCCCCCCCCCC)c3)[nH]c2=O)cc1OCCCCCCCCCCCCCCCC. The van der Waals surface area contributed by atoms with Crippen LogP contribution < -0.4 is 40.8 Å². The van der Waals surface area contributed by atoms with E-state index in [9.17, 15) is 9.59 Å². The van der Waals surface area contributed by atoms with Crippen molar-refractivity contribution in [3.63, 3.8) is 0 Å². The van der Waals surface area contributed by atoms with Crippen LogP contribution >= 0.6 is 0 Å². The normalized spacial score (nSPS) is 12.0. The van der Waals surface area contributed by atoms with E-state index < -0.39 is 0 Å². The van der Waals surface area contributed by atoms with Gasteiger partial charge in [0.05, 0.1) is 26.4 Å². The summed E-state index contributed by atoms with van der Waals surface area (Å²) in [5, 5.41) is 0.381. The summed E-state index contributed by atoms with van der Waals surface area (Å²) in [7, 11) is 0. The summed E-state index contributed by atoms with van der Waals surface area (Å²) in [5.74, 6) is 2.83. The number of unbranched alkanes of at least 4 members (excludes halogenated alkanes) is 52. The molecular formula is C82H142N2O6. The second-order valence-electron chi connectivity index (χ2n) is 27.2. The summed E-state index contributed by atoms with van der Waals surface area (Å²) in [5.41, 5.74) is 0.786. The van der Waals surface area contributed by atoms with Gasteiger partial charge >= 0.3 is 0 Å². The fourth-order valence-corrected chi connectivity index (χ4v) is 12.6. The second-order valence-corrected chi connectivity index (χ2v) is 27.2. The lowest BCUT2D eigenvalue weighted by Crippen LogP contribution is -2.46. The van der Waals surface area contributed by atoms with E-state index in [0.29, 0.717) is 37.9 Å². The Bertz CT molecular complexity index is 2160. The van der Waals surface area contributed by atoms with Crippen molar-refractivity contribution in [2.45, 2.75) is 387 Å². The molecule has 0 radical (unpaired) electrons. The molecule has 0 spiro atoms. The van der Waals surface area contributed by atoms with E-state index in [0.717, 1.165) is 74.0 Å². The molecule has 0 amide bonds. The van der Waals surface area contributed by atoms with E-state index in [2.05, 4.69) is 37.7 Å². The Morgan fingerprint density at radius 2 is 0.422 bits per heavy atom. The Hall–Kier alpha value is -3.94. The molecule has 0 aliphatic heterocycles. The first kappa shape index (κ1) is 80.3. The van der Waals surface area contributed by atoms with Gasteiger partial charge in [-0.1, -0.05) is 374 Å². The number of nitrogens with one attached hydrogen (secondary N) is 2. The number of aromatic nitrogens is 2. The third-order valence-electron chi connectivity index (χ3n) is 18.6. The van der Waals surface area contributed by atoms with Gasteiger partial charge in [0.25, 0.3) is 11.1 Å². The van der Waals surface area contributed by atoms with Crippen molar-refractivity contribution >= 4 is 12.2 Å². The quantitative estimate of drug-likeness (QED) is 0.0546. The van der Waals surface area contributed by atoms with Gasteiger partial charge in [0.2, 0.25) is 0 Å². The van der Waals surface area contributed by atoms with Crippen LogP contribution in [0.5, 0.6) is 23.0 Å². The summed E-state index contributed by atoms with van der Waals surface area (Å²) in [4.78, 5) is 33.3. The molecule has 0 unspecified atom stereocenters. The van der Waals surface area contributed by atoms with Crippen LogP contribution in [0.15, 0.2) is 46.0 Å². The van der Waals surface area contributed by atoms with Gasteiger partial charge in [-0.2, -0.15) is 0 Å². The number of rotatable bonds is 66. The van der Waals surface area contributed by atoms with Crippen LogP contribution in [0.4, 0.5) is 0 Å². The van der Waals surface area contributed by atoms with Crippen molar-refractivity contribution in [2.75, 3.05) is 26.4 Å². The van der Waals surface area contributed by atoms with Gasteiger partial charge in [0.1, 0.15) is 10.7 Å². The van der Waals surface area contributed by atoms with Gasteiger partial charge in [-0.25, -0.2) is 0 Å². The zero-order valence-electron chi connectivity index (χ0n) is 59.5. The van der Waals surface area contributed by atoms with Gasteiger partial charge in [-0.15, -0.1) is 0 Å². The minimum Gasteiger partial charge on any atom is -0.490 e. The zero-order chi connectivity index (χ0) is 64.1. The van der Waals surface area contributed by atoms with Crippen molar-refractivity contribution < 1.29 is 18.9 Å². The van der Waals surface area contributed by atoms with Crippen LogP contribution in [0.2, 0.25) is 0 Å². The molecule has 0 fully saturated rings. The lowest BCUT2D eigenvalue weighted by molar-refractivity contribution is 0.258. The Balaban J connectivity index is 1.62. The fourth-order valence-electron chi connectivity index (χ4n) is 12.6. The number of hydrogen-bond acceptors (Lipinski definition) is 6. The highest BCUT2D eigenvalue weighted by molar-refractivity contribution is 5.56. The van der Waals surface area contributed by atoms with Crippen LogP contribution in [0, 0.1) is 0 Å². The zero-order valence-corrected chi connectivity index (χ0v) is 59.5. The maximum Gasteiger partial charge on any atom is 0.272 e. The van der Waals surface area contributed by atoms with E-state index in [1.807, 2.05) is 36.4 Å². The Morgan fingerprint density at radius 3 is 0.622 bits per heavy atom. The molecule has 90 heavy (non-hydrogen) atoms. The average molecular weight is 1250 g/mol. The summed E-state index contributed by atoms with van der Waals surface area (Å²) in [6, 6.07) is 11.7. The molecule has 516 valence electrons. The van der Waals surface area contributed by atoms with Crippen molar-refractivity contribution in [2.24, 2.45) is 0 Å². The first-order valence-corrected chi connectivity index (χ1v) is 39.3. The van der Waals surface area contributed by atoms with Crippen molar-refractivity contribution in [1.82, 2.24) is 9.97 Å². The Kier molecular flexibility index (Phi) is 53.6. The van der Waals surface area contributed by atoms with Crippen LogP contribution in [-0.2, 0) is 0 Å². The van der Waals surface area contributed by atoms with Crippen LogP contribution in [0.25, 0.3) is 12.2 Å². The standard InChI is InChI=1S/C82H142N2O6/c1-5-9-13-17-21-25-29-33-37-41-45-49-53-57-65-87-77-63-61-73(71-79(77)89-67-59-55-51-47-43-39-35-31-27-23-19-15-11-7-3)69-75-81(85)84-76(82(86)83-75)70-74-62-64-78(88-66-58-54-50-46-42-38-34-30-26-22-18-14-10-6-2)80(72-74)90-68-60-56-52-48-44-40-36-32-28-24-20-16-12-8-4/h61-64,69-72H,5-60,65-68H2,1-4H3,(H,83,86)(H,84,85)/b75-69-,76-70-. The number of aromatic amines is 2. The molecule has 1 heterocycles. The van der Waals surface area contributed by atoms with E-state index in [1.54, 1.807) is 12.2 Å². The third-order valence-corrected chi connectivity index (χ3v) is 18.6. The summed E-state index contributed by atoms with van der Waals surface area (Å²) in [6.45, 7) is 11.7. The number of ether oxygens (including phenoxy) is 4. The Labute approximate surface area is 553 Å². The van der Waals surface area contributed by atoms with Gasteiger partial charge in [-0.3, -0.25) is 9.59 Å². The molecule has 8 nitrogen and oxygen atoms in total. The highest BCUT2D eigenvalue weighted by atomic mass is 16.5. The largest absolute Gasteiger partial charge is 0.490 e. The molecular weight excluding hydrogens is 1110 g/mol. The van der Waals surface area contributed by atoms with Crippen molar-refractivity contribution in [3.05, 3.63) is 78.9 Å². The van der Waals surface area contributed by atoms with E-state index >= 15 is 0 Å². The molecule has 2 aromatic carbocycles. The van der Waals surface area contributed by atoms with E-state index in [1.165, 1.54) is 308 Å². The molecule has 2 N–H and O–H groups in total. The van der Waals surface area contributed by atoms with Crippen molar-refractivity contribution in [3.8, 4) is 23.0 Å². The minimum atomic E-state index is -0.369. The minimum absolute atomic E-state index is 0.190. The van der Waals surface area contributed by atoms with Crippen molar-refractivity contribution in [1.29, 1.82) is 0 Å². The van der Waals surface area contributed by atoms with Gasteiger partial charge in [0, 0.05) is 0 Å². The molecule has 0 bridgehead atoms. The topological polar surface area (TPSA) is 103 Å². The first-order chi connectivity index (χ1) is 44.5. The summed E-state index contributed by atoms with van der Waals surface area (Å²) in [6.07, 6.45) is 77.3. The van der Waals surface area contributed by atoms with Crippen LogP contribution in [0.3, 0.4) is 0 Å². The molecule has 1 aromatic heterocycles. The van der Waals surface area contributed by atoms with Gasteiger partial charge in [0.15, 0.2) is 23.0 Å². The second kappa shape index (κ2) is 60.0. The molecule has 3 rings (SSSR count). The van der Waals surface area contributed by atoms with Gasteiger partial charge < -0.3 is 28.9 Å².